The summed E-state index contributed by atoms with van der Waals surface area (Å²) in [7, 11) is 0. The summed E-state index contributed by atoms with van der Waals surface area (Å²) in [6, 6.07) is 1.42. The average molecular weight is 225 g/mol. The quantitative estimate of drug-likeness (QED) is 0.749. The Labute approximate surface area is 81.7 Å². The third-order valence-corrected chi connectivity index (χ3v) is 1.57. The maximum atomic E-state index is 12.4. The summed E-state index contributed by atoms with van der Waals surface area (Å²) < 4.78 is 48.2. The Morgan fingerprint density at radius 3 is 2.73 bits per heavy atom. The molecule has 4 nitrogen and oxygen atoms in total. The zero-order valence-electron chi connectivity index (χ0n) is 7.31. The van der Waals surface area contributed by atoms with Crippen LogP contribution in [0.3, 0.4) is 0 Å². The minimum atomic E-state index is -4.67. The lowest BCUT2D eigenvalue weighted by Gasteiger charge is -2.14. The molecule has 1 aromatic rings. The van der Waals surface area contributed by atoms with Gasteiger partial charge >= 0.3 is 12.3 Å². The van der Waals surface area contributed by atoms with Gasteiger partial charge in [-0.15, -0.1) is 0 Å². The van der Waals surface area contributed by atoms with Crippen molar-refractivity contribution in [3.05, 3.63) is 18.0 Å². The summed E-state index contributed by atoms with van der Waals surface area (Å²) in [4.78, 5) is 10.6. The van der Waals surface area contributed by atoms with Crippen LogP contribution >= 0.6 is 0 Å². The third kappa shape index (κ3) is 2.67. The van der Waals surface area contributed by atoms with E-state index in [4.69, 9.17) is 0 Å². The number of carbonyl (C=O) groups is 1. The fraction of sp³-hybridized carbons (Fsp3) is 0.429. The van der Waals surface area contributed by atoms with Crippen LogP contribution in [0.4, 0.5) is 17.6 Å². The van der Waals surface area contributed by atoms with Crippen molar-refractivity contribution in [3.8, 4) is 0 Å². The number of aromatic nitrogens is 2. The van der Waals surface area contributed by atoms with Gasteiger partial charge in [0.15, 0.2) is 0 Å². The Hall–Kier alpha value is -1.60. The van der Waals surface area contributed by atoms with E-state index < -0.39 is 18.3 Å². The Morgan fingerprint density at radius 2 is 2.27 bits per heavy atom. The minimum absolute atomic E-state index is 0.304. The topological polar surface area (TPSA) is 57.8 Å². The molecule has 0 aliphatic carbocycles. The average Bonchev–Trinajstić information content (AvgIpc) is 2.66. The summed E-state index contributed by atoms with van der Waals surface area (Å²) >= 11 is 0. The van der Waals surface area contributed by atoms with Crippen LogP contribution in [0.1, 0.15) is 5.69 Å². The molecule has 0 spiro atoms. The monoisotopic (exact) mass is 225 g/mol. The maximum absolute atomic E-state index is 12.4. The molecule has 0 bridgehead atoms. The van der Waals surface area contributed by atoms with E-state index in [9.17, 15) is 22.4 Å². The van der Waals surface area contributed by atoms with Crippen molar-refractivity contribution in [1.82, 2.24) is 15.5 Å². The zero-order chi connectivity index (χ0) is 11.5. The molecule has 0 radical (unpaired) electrons. The highest BCUT2D eigenvalue weighted by atomic mass is 19.3. The number of hydrogen-bond donors (Lipinski definition) is 2. The van der Waals surface area contributed by atoms with Gasteiger partial charge in [-0.25, -0.2) is 8.78 Å². The van der Waals surface area contributed by atoms with Gasteiger partial charge in [0.25, 0.3) is 5.91 Å². The molecule has 0 aliphatic heterocycles. The van der Waals surface area contributed by atoms with Gasteiger partial charge in [-0.3, -0.25) is 9.89 Å². The second-order valence-corrected chi connectivity index (χ2v) is 2.69. The molecule has 1 amide bonds. The molecule has 2 N–H and O–H groups in total. The van der Waals surface area contributed by atoms with E-state index in [-0.39, 0.29) is 6.54 Å². The van der Waals surface area contributed by atoms with Crippen LogP contribution in [0.2, 0.25) is 0 Å². The number of carbonyl (C=O) groups excluding carboxylic acids is 1. The molecule has 0 aromatic carbocycles. The summed E-state index contributed by atoms with van der Waals surface area (Å²) in [5, 5.41) is 7.53. The van der Waals surface area contributed by atoms with Crippen molar-refractivity contribution >= 4 is 5.91 Å². The molecule has 1 heterocycles. The van der Waals surface area contributed by atoms with E-state index >= 15 is 0 Å². The first kappa shape index (κ1) is 11.5. The van der Waals surface area contributed by atoms with E-state index in [0.717, 1.165) is 0 Å². The molecule has 0 saturated carbocycles. The van der Waals surface area contributed by atoms with Gasteiger partial charge in [-0.1, -0.05) is 0 Å². The first-order valence-corrected chi connectivity index (χ1v) is 3.87. The van der Waals surface area contributed by atoms with E-state index in [2.05, 4.69) is 10.2 Å². The summed E-state index contributed by atoms with van der Waals surface area (Å²) in [6.45, 7) is -0.304. The molecule has 0 unspecified atom stereocenters. The van der Waals surface area contributed by atoms with Crippen molar-refractivity contribution in [2.75, 3.05) is 0 Å². The van der Waals surface area contributed by atoms with Crippen molar-refractivity contribution in [1.29, 1.82) is 0 Å². The second kappa shape index (κ2) is 4.28. The number of hydrogen-bond acceptors (Lipinski definition) is 2. The molecule has 15 heavy (non-hydrogen) atoms. The van der Waals surface area contributed by atoms with Gasteiger partial charge in [-0.05, 0) is 6.07 Å². The lowest BCUT2D eigenvalue weighted by atomic mass is 10.3. The summed E-state index contributed by atoms with van der Waals surface area (Å²) in [6.07, 6.45) is -2.67. The molecule has 8 heteroatoms. The number of amides is 1. The van der Waals surface area contributed by atoms with Crippen LogP contribution in [-0.4, -0.2) is 28.5 Å². The summed E-state index contributed by atoms with van der Waals surface area (Å²) in [5.41, 5.74) is 0.341. The predicted octanol–water partition coefficient (Wildman–Crippen LogP) is 0.926. The van der Waals surface area contributed by atoms with Crippen molar-refractivity contribution < 1.29 is 22.4 Å². The standard InChI is InChI=1S/C7H7F4N3O/c8-5(9)7(10,11)6(15)12-3-4-1-2-13-14-4/h1-2,5H,3H2,(H,12,15)(H,13,14). The Bertz CT molecular complexity index is 325. The molecule has 0 saturated heterocycles. The molecule has 1 aromatic heterocycles. The molecule has 0 aliphatic rings. The van der Waals surface area contributed by atoms with Crippen molar-refractivity contribution in [2.45, 2.75) is 18.9 Å². The highest BCUT2D eigenvalue weighted by Gasteiger charge is 2.48. The van der Waals surface area contributed by atoms with Crippen LogP contribution in [0, 0.1) is 0 Å². The molecule has 1 rings (SSSR count). The van der Waals surface area contributed by atoms with E-state index in [0.29, 0.717) is 5.69 Å². The van der Waals surface area contributed by atoms with Crippen molar-refractivity contribution in [2.24, 2.45) is 0 Å². The molecule has 0 fully saturated rings. The Balaban J connectivity index is 2.49. The number of nitrogens with zero attached hydrogens (tertiary/aromatic N) is 1. The van der Waals surface area contributed by atoms with Crippen LogP contribution < -0.4 is 5.32 Å². The number of rotatable bonds is 4. The van der Waals surface area contributed by atoms with Crippen molar-refractivity contribution in [3.63, 3.8) is 0 Å². The third-order valence-electron chi connectivity index (χ3n) is 1.57. The smallest absolute Gasteiger partial charge is 0.345 e. The first-order valence-electron chi connectivity index (χ1n) is 3.87. The molecular formula is C7H7F4N3O. The highest BCUT2D eigenvalue weighted by Crippen LogP contribution is 2.22. The van der Waals surface area contributed by atoms with Crippen LogP contribution in [0.15, 0.2) is 12.3 Å². The van der Waals surface area contributed by atoms with E-state index in [1.807, 2.05) is 0 Å². The number of nitrogens with one attached hydrogen (secondary N) is 2. The van der Waals surface area contributed by atoms with E-state index in [1.54, 1.807) is 5.32 Å². The van der Waals surface area contributed by atoms with Crippen LogP contribution in [0.25, 0.3) is 0 Å². The highest BCUT2D eigenvalue weighted by molar-refractivity contribution is 5.83. The van der Waals surface area contributed by atoms with Gasteiger partial charge in [0.1, 0.15) is 0 Å². The van der Waals surface area contributed by atoms with Gasteiger partial charge in [-0.2, -0.15) is 13.9 Å². The number of H-pyrrole nitrogens is 1. The molecule has 0 atom stereocenters. The normalized spacial score (nSPS) is 11.8. The van der Waals surface area contributed by atoms with Gasteiger partial charge in [0.2, 0.25) is 0 Å². The maximum Gasteiger partial charge on any atom is 0.383 e. The second-order valence-electron chi connectivity index (χ2n) is 2.69. The van der Waals surface area contributed by atoms with Crippen LogP contribution in [-0.2, 0) is 11.3 Å². The lowest BCUT2D eigenvalue weighted by Crippen LogP contribution is -2.44. The van der Waals surface area contributed by atoms with Crippen LogP contribution in [0.5, 0.6) is 0 Å². The Morgan fingerprint density at radius 1 is 1.60 bits per heavy atom. The number of alkyl halides is 4. The Kier molecular flexibility index (Phi) is 3.28. The largest absolute Gasteiger partial charge is 0.383 e. The lowest BCUT2D eigenvalue weighted by molar-refractivity contribution is -0.169. The van der Waals surface area contributed by atoms with Gasteiger partial charge < -0.3 is 5.32 Å². The first-order chi connectivity index (χ1) is 6.94. The number of aromatic amines is 1. The fourth-order valence-electron chi connectivity index (χ4n) is 0.776. The zero-order valence-corrected chi connectivity index (χ0v) is 7.31. The predicted molar refractivity (Wildman–Crippen MR) is 41.4 cm³/mol. The number of halogens is 4. The van der Waals surface area contributed by atoms with Gasteiger partial charge in [0.05, 0.1) is 12.2 Å². The molecular weight excluding hydrogens is 218 g/mol. The van der Waals surface area contributed by atoms with Gasteiger partial charge in [0, 0.05) is 6.20 Å². The SMILES string of the molecule is O=C(NCc1ccn[nH]1)C(F)(F)C(F)F. The minimum Gasteiger partial charge on any atom is -0.345 e. The molecule has 84 valence electrons. The van der Waals surface area contributed by atoms with E-state index in [1.165, 1.54) is 12.3 Å². The fourth-order valence-corrected chi connectivity index (χ4v) is 0.776. The summed E-state index contributed by atoms with van der Waals surface area (Å²) in [5.74, 6) is -6.67.